The first kappa shape index (κ1) is 6.47. The molecule has 0 atom stereocenters. The summed E-state index contributed by atoms with van der Waals surface area (Å²) in [6, 6.07) is 0. The molecule has 11 heavy (non-hydrogen) atoms. The molecule has 0 aromatic carbocycles. The van der Waals surface area contributed by atoms with E-state index in [2.05, 4.69) is 5.32 Å². The van der Waals surface area contributed by atoms with Gasteiger partial charge in [-0.1, -0.05) is 12.8 Å². The standard InChI is InChI=1S/C10H17N/c1-2-4-10(3-1)7-9(5-6-9)8-11-10/h11H,1-8H2. The van der Waals surface area contributed by atoms with Crippen molar-refractivity contribution in [2.75, 3.05) is 6.54 Å². The molecule has 3 aliphatic rings. The highest BCUT2D eigenvalue weighted by Crippen LogP contribution is 2.57. The average Bonchev–Trinajstić information content (AvgIpc) is 2.46. The minimum absolute atomic E-state index is 0.635. The summed E-state index contributed by atoms with van der Waals surface area (Å²) in [4.78, 5) is 0. The van der Waals surface area contributed by atoms with Gasteiger partial charge in [-0.25, -0.2) is 0 Å². The Hall–Kier alpha value is -0.0400. The number of hydrogen-bond acceptors (Lipinski definition) is 1. The second-order valence-electron chi connectivity index (χ2n) is 5.02. The molecule has 0 amide bonds. The zero-order valence-electron chi connectivity index (χ0n) is 7.16. The van der Waals surface area contributed by atoms with E-state index in [-0.39, 0.29) is 0 Å². The molecule has 0 aromatic rings. The van der Waals surface area contributed by atoms with Crippen molar-refractivity contribution in [3.8, 4) is 0 Å². The summed E-state index contributed by atoms with van der Waals surface area (Å²) in [7, 11) is 0. The highest BCUT2D eigenvalue weighted by molar-refractivity contribution is 5.11. The smallest absolute Gasteiger partial charge is 0.0187 e. The average molecular weight is 151 g/mol. The Morgan fingerprint density at radius 3 is 2.18 bits per heavy atom. The zero-order valence-corrected chi connectivity index (χ0v) is 7.16. The van der Waals surface area contributed by atoms with Crippen molar-refractivity contribution in [2.45, 2.75) is 50.5 Å². The number of hydrogen-bond donors (Lipinski definition) is 1. The zero-order chi connectivity index (χ0) is 7.36. The van der Waals surface area contributed by atoms with Gasteiger partial charge in [0.2, 0.25) is 0 Å². The number of nitrogens with one attached hydrogen (secondary N) is 1. The van der Waals surface area contributed by atoms with Gasteiger partial charge >= 0.3 is 0 Å². The van der Waals surface area contributed by atoms with Gasteiger partial charge in [0.25, 0.3) is 0 Å². The van der Waals surface area contributed by atoms with E-state index in [1.807, 2.05) is 0 Å². The van der Waals surface area contributed by atoms with Gasteiger partial charge in [0, 0.05) is 12.1 Å². The Labute approximate surface area is 68.6 Å². The van der Waals surface area contributed by atoms with Crippen molar-refractivity contribution in [3.05, 3.63) is 0 Å². The maximum Gasteiger partial charge on any atom is 0.0187 e. The predicted molar refractivity (Wildman–Crippen MR) is 45.5 cm³/mol. The molecule has 2 spiro atoms. The van der Waals surface area contributed by atoms with Gasteiger partial charge in [-0.15, -0.1) is 0 Å². The fraction of sp³-hybridized carbons (Fsp3) is 1.00. The van der Waals surface area contributed by atoms with Crippen molar-refractivity contribution in [2.24, 2.45) is 5.41 Å². The minimum atomic E-state index is 0.635. The SMILES string of the molecule is C1CCC2(C1)CC1(CC1)CN2. The fourth-order valence-electron chi connectivity index (χ4n) is 3.15. The molecule has 0 radical (unpaired) electrons. The summed E-state index contributed by atoms with van der Waals surface area (Å²) in [5, 5.41) is 3.78. The predicted octanol–water partition coefficient (Wildman–Crippen LogP) is 2.07. The van der Waals surface area contributed by atoms with Crippen LogP contribution in [0, 0.1) is 5.41 Å². The van der Waals surface area contributed by atoms with E-state index < -0.39 is 0 Å². The van der Waals surface area contributed by atoms with Crippen LogP contribution in [0.25, 0.3) is 0 Å². The van der Waals surface area contributed by atoms with E-state index in [4.69, 9.17) is 0 Å². The van der Waals surface area contributed by atoms with Gasteiger partial charge in [-0.3, -0.25) is 0 Å². The van der Waals surface area contributed by atoms with E-state index in [1.54, 1.807) is 0 Å². The normalized spacial score (nSPS) is 37.1. The number of rotatable bonds is 0. The summed E-state index contributed by atoms with van der Waals surface area (Å²) in [5.41, 5.74) is 1.45. The lowest BCUT2D eigenvalue weighted by Crippen LogP contribution is -2.35. The lowest BCUT2D eigenvalue weighted by Gasteiger charge is -2.22. The summed E-state index contributed by atoms with van der Waals surface area (Å²) >= 11 is 0. The van der Waals surface area contributed by atoms with Crippen LogP contribution in [-0.2, 0) is 0 Å². The third kappa shape index (κ3) is 0.868. The Balaban J connectivity index is 1.80. The van der Waals surface area contributed by atoms with Crippen LogP contribution in [0.2, 0.25) is 0 Å². The van der Waals surface area contributed by atoms with Crippen molar-refractivity contribution in [3.63, 3.8) is 0 Å². The molecule has 1 saturated heterocycles. The molecule has 2 aliphatic carbocycles. The van der Waals surface area contributed by atoms with Crippen LogP contribution >= 0.6 is 0 Å². The second-order valence-corrected chi connectivity index (χ2v) is 5.02. The summed E-state index contributed by atoms with van der Waals surface area (Å²) in [5.74, 6) is 0. The van der Waals surface area contributed by atoms with E-state index in [1.165, 1.54) is 51.5 Å². The molecule has 1 heteroatoms. The van der Waals surface area contributed by atoms with Gasteiger partial charge in [0.1, 0.15) is 0 Å². The highest BCUT2D eigenvalue weighted by Gasteiger charge is 2.54. The topological polar surface area (TPSA) is 12.0 Å². The van der Waals surface area contributed by atoms with Crippen LogP contribution in [0.15, 0.2) is 0 Å². The molecule has 3 rings (SSSR count). The highest BCUT2D eigenvalue weighted by atomic mass is 15.0. The van der Waals surface area contributed by atoms with Gasteiger partial charge in [0.15, 0.2) is 0 Å². The third-order valence-corrected chi connectivity index (χ3v) is 4.07. The van der Waals surface area contributed by atoms with E-state index in [0.717, 1.165) is 5.41 Å². The molecule has 1 heterocycles. The molecule has 1 nitrogen and oxygen atoms in total. The van der Waals surface area contributed by atoms with Crippen LogP contribution in [0.1, 0.15) is 44.9 Å². The van der Waals surface area contributed by atoms with Crippen molar-refractivity contribution in [1.82, 2.24) is 5.32 Å². The lowest BCUT2D eigenvalue weighted by atomic mass is 9.90. The van der Waals surface area contributed by atoms with Crippen LogP contribution in [0.5, 0.6) is 0 Å². The molecule has 1 aliphatic heterocycles. The van der Waals surface area contributed by atoms with Crippen molar-refractivity contribution in [1.29, 1.82) is 0 Å². The first-order valence-corrected chi connectivity index (χ1v) is 5.08. The summed E-state index contributed by atoms with van der Waals surface area (Å²) in [6.45, 7) is 1.34. The van der Waals surface area contributed by atoms with Crippen molar-refractivity contribution >= 4 is 0 Å². The second kappa shape index (κ2) is 1.82. The fourth-order valence-corrected chi connectivity index (χ4v) is 3.15. The molecule has 2 saturated carbocycles. The Kier molecular flexibility index (Phi) is 1.07. The Morgan fingerprint density at radius 2 is 1.64 bits per heavy atom. The van der Waals surface area contributed by atoms with Crippen LogP contribution in [0.4, 0.5) is 0 Å². The Bertz CT molecular complexity index is 175. The molecule has 62 valence electrons. The summed E-state index contributed by atoms with van der Waals surface area (Å²) in [6.07, 6.45) is 10.4. The quantitative estimate of drug-likeness (QED) is 0.559. The van der Waals surface area contributed by atoms with Crippen molar-refractivity contribution < 1.29 is 0 Å². The third-order valence-electron chi connectivity index (χ3n) is 4.07. The molecular formula is C10H17N. The Morgan fingerprint density at radius 1 is 0.909 bits per heavy atom. The molecular weight excluding hydrogens is 134 g/mol. The molecule has 0 aromatic heterocycles. The van der Waals surface area contributed by atoms with Gasteiger partial charge in [-0.05, 0) is 37.5 Å². The van der Waals surface area contributed by atoms with Crippen LogP contribution in [0.3, 0.4) is 0 Å². The summed E-state index contributed by atoms with van der Waals surface area (Å²) < 4.78 is 0. The lowest BCUT2D eigenvalue weighted by molar-refractivity contribution is 0.371. The monoisotopic (exact) mass is 151 g/mol. The molecule has 3 fully saturated rings. The molecule has 0 unspecified atom stereocenters. The van der Waals surface area contributed by atoms with Crippen LogP contribution in [-0.4, -0.2) is 12.1 Å². The van der Waals surface area contributed by atoms with Gasteiger partial charge in [0.05, 0.1) is 0 Å². The van der Waals surface area contributed by atoms with E-state index in [9.17, 15) is 0 Å². The first-order valence-electron chi connectivity index (χ1n) is 5.08. The largest absolute Gasteiger partial charge is 0.311 e. The van der Waals surface area contributed by atoms with Gasteiger partial charge in [-0.2, -0.15) is 0 Å². The van der Waals surface area contributed by atoms with E-state index >= 15 is 0 Å². The first-order chi connectivity index (χ1) is 5.33. The minimum Gasteiger partial charge on any atom is -0.311 e. The van der Waals surface area contributed by atoms with Gasteiger partial charge < -0.3 is 5.32 Å². The molecule has 1 N–H and O–H groups in total. The molecule has 0 bridgehead atoms. The maximum atomic E-state index is 3.78. The maximum absolute atomic E-state index is 3.78. The van der Waals surface area contributed by atoms with Crippen LogP contribution < -0.4 is 5.32 Å². The van der Waals surface area contributed by atoms with E-state index in [0.29, 0.717) is 5.54 Å².